The Balaban J connectivity index is 2.02. The maximum Gasteiger partial charge on any atom is 0.269 e. The first-order valence-corrected chi connectivity index (χ1v) is 8.47. The maximum atomic E-state index is 12.3. The van der Waals surface area contributed by atoms with E-state index in [0.717, 1.165) is 19.6 Å². The van der Waals surface area contributed by atoms with E-state index >= 15 is 0 Å². The van der Waals surface area contributed by atoms with Gasteiger partial charge in [0.05, 0.1) is 10.7 Å². The predicted molar refractivity (Wildman–Crippen MR) is 79.4 cm³/mol. The molecule has 116 valence electrons. The van der Waals surface area contributed by atoms with Crippen LogP contribution < -0.4 is 0 Å². The fraction of sp³-hybridized carbons (Fsp3) is 0.538. The topological polar surface area (TPSA) is 83.8 Å². The third-order valence-electron chi connectivity index (χ3n) is 3.67. The highest BCUT2D eigenvalue weighted by atomic mass is 32.2. The van der Waals surface area contributed by atoms with E-state index in [1.165, 1.54) is 28.6 Å². The van der Waals surface area contributed by atoms with Crippen LogP contribution in [-0.2, 0) is 15.8 Å². The van der Waals surface area contributed by atoms with E-state index in [1.54, 1.807) is 0 Å². The molecule has 0 saturated carbocycles. The second-order valence-corrected chi connectivity index (χ2v) is 6.98. The largest absolute Gasteiger partial charge is 0.301 e. The molecule has 1 saturated heterocycles. The van der Waals surface area contributed by atoms with Gasteiger partial charge in [0, 0.05) is 38.3 Å². The summed E-state index contributed by atoms with van der Waals surface area (Å²) in [6.45, 7) is 5.48. The van der Waals surface area contributed by atoms with Gasteiger partial charge in [0.15, 0.2) is 0 Å². The number of likely N-dealkylation sites (N-methyl/N-ethyl adjacent to an activating group) is 1. The zero-order valence-corrected chi connectivity index (χ0v) is 12.8. The van der Waals surface area contributed by atoms with Crippen molar-refractivity contribution in [3.63, 3.8) is 0 Å². The first-order chi connectivity index (χ1) is 9.92. The normalized spacial score (nSPS) is 17.8. The lowest BCUT2D eigenvalue weighted by Crippen LogP contribution is -2.48. The summed E-state index contributed by atoms with van der Waals surface area (Å²) in [5.74, 6) is -0.114. The van der Waals surface area contributed by atoms with Crippen molar-refractivity contribution in [2.75, 3.05) is 32.7 Å². The number of rotatable bonds is 5. The van der Waals surface area contributed by atoms with E-state index in [1.807, 2.05) is 0 Å². The van der Waals surface area contributed by atoms with Crippen LogP contribution in [0.25, 0.3) is 0 Å². The van der Waals surface area contributed by atoms with Gasteiger partial charge in [-0.2, -0.15) is 4.31 Å². The quantitative estimate of drug-likeness (QED) is 0.599. The molecule has 1 aliphatic heterocycles. The lowest BCUT2D eigenvalue weighted by molar-refractivity contribution is -0.384. The Bertz CT molecular complexity index is 592. The summed E-state index contributed by atoms with van der Waals surface area (Å²) in [7, 11) is -3.36. The van der Waals surface area contributed by atoms with Crippen molar-refractivity contribution in [1.82, 2.24) is 9.21 Å². The zero-order chi connectivity index (χ0) is 15.5. The Morgan fingerprint density at radius 2 is 1.71 bits per heavy atom. The van der Waals surface area contributed by atoms with Crippen molar-refractivity contribution in [2.45, 2.75) is 12.7 Å². The second-order valence-electron chi connectivity index (χ2n) is 5.01. The first kappa shape index (κ1) is 15.9. The van der Waals surface area contributed by atoms with Crippen LogP contribution in [0.4, 0.5) is 5.69 Å². The van der Waals surface area contributed by atoms with Crippen molar-refractivity contribution in [3.05, 3.63) is 39.9 Å². The van der Waals surface area contributed by atoms with Gasteiger partial charge in [0.1, 0.15) is 0 Å². The van der Waals surface area contributed by atoms with Gasteiger partial charge in [-0.25, -0.2) is 8.42 Å². The Kier molecular flexibility index (Phi) is 4.92. The molecular formula is C13H19N3O4S. The van der Waals surface area contributed by atoms with Crippen LogP contribution in [0.5, 0.6) is 0 Å². The fourth-order valence-corrected chi connectivity index (χ4v) is 3.86. The third-order valence-corrected chi connectivity index (χ3v) is 5.52. The highest BCUT2D eigenvalue weighted by Crippen LogP contribution is 2.17. The number of piperazine rings is 1. The van der Waals surface area contributed by atoms with Crippen LogP contribution >= 0.6 is 0 Å². The van der Waals surface area contributed by atoms with Gasteiger partial charge >= 0.3 is 0 Å². The molecule has 0 aromatic heterocycles. The molecule has 0 atom stereocenters. The molecule has 8 heteroatoms. The number of non-ortho nitro benzene ring substituents is 1. The standard InChI is InChI=1S/C13H19N3O4S/c1-2-14-7-9-15(10-8-14)21(19,20)11-12-3-5-13(6-4-12)16(17)18/h3-6H,2,7-11H2,1H3. The zero-order valence-electron chi connectivity index (χ0n) is 11.9. The van der Waals surface area contributed by atoms with E-state index in [0.29, 0.717) is 18.7 Å². The van der Waals surface area contributed by atoms with Gasteiger partial charge in [-0.1, -0.05) is 19.1 Å². The predicted octanol–water partition coefficient (Wildman–Crippen LogP) is 1.06. The van der Waals surface area contributed by atoms with Crippen LogP contribution in [0.15, 0.2) is 24.3 Å². The molecule has 0 unspecified atom stereocenters. The molecule has 7 nitrogen and oxygen atoms in total. The van der Waals surface area contributed by atoms with Crippen molar-refractivity contribution in [2.24, 2.45) is 0 Å². The Labute approximate surface area is 124 Å². The van der Waals surface area contributed by atoms with Crippen LogP contribution in [0.1, 0.15) is 12.5 Å². The summed E-state index contributed by atoms with van der Waals surface area (Å²) in [5, 5.41) is 10.6. The molecule has 21 heavy (non-hydrogen) atoms. The number of hydrogen-bond acceptors (Lipinski definition) is 5. The molecule has 1 heterocycles. The number of nitrogens with zero attached hydrogens (tertiary/aromatic N) is 3. The molecule has 0 spiro atoms. The highest BCUT2D eigenvalue weighted by molar-refractivity contribution is 7.88. The number of nitro groups is 1. The molecular weight excluding hydrogens is 294 g/mol. The molecule has 1 aromatic rings. The minimum atomic E-state index is -3.36. The monoisotopic (exact) mass is 313 g/mol. The third kappa shape index (κ3) is 3.99. The minimum absolute atomic E-state index is 0.0345. The molecule has 0 radical (unpaired) electrons. The van der Waals surface area contributed by atoms with E-state index in [2.05, 4.69) is 11.8 Å². The van der Waals surface area contributed by atoms with Gasteiger partial charge < -0.3 is 4.90 Å². The van der Waals surface area contributed by atoms with E-state index in [9.17, 15) is 18.5 Å². The van der Waals surface area contributed by atoms with Gasteiger partial charge in [-0.05, 0) is 12.1 Å². The molecule has 1 aliphatic rings. The Morgan fingerprint density at radius 3 is 2.19 bits per heavy atom. The smallest absolute Gasteiger partial charge is 0.269 e. The summed E-state index contributed by atoms with van der Waals surface area (Å²) < 4.78 is 26.2. The molecule has 2 rings (SSSR count). The van der Waals surface area contributed by atoms with Crippen LogP contribution in [0, 0.1) is 10.1 Å². The Morgan fingerprint density at radius 1 is 1.14 bits per heavy atom. The van der Waals surface area contributed by atoms with Crippen molar-refractivity contribution in [1.29, 1.82) is 0 Å². The van der Waals surface area contributed by atoms with Crippen LogP contribution in [-0.4, -0.2) is 55.3 Å². The van der Waals surface area contributed by atoms with Crippen molar-refractivity contribution < 1.29 is 13.3 Å². The first-order valence-electron chi connectivity index (χ1n) is 6.86. The molecule has 0 bridgehead atoms. The molecule has 1 aromatic carbocycles. The molecule has 0 aliphatic carbocycles. The number of nitro benzene ring substituents is 1. The molecule has 1 fully saturated rings. The fourth-order valence-electron chi connectivity index (χ4n) is 2.34. The molecule has 0 N–H and O–H groups in total. The average Bonchev–Trinajstić information content (AvgIpc) is 2.47. The highest BCUT2D eigenvalue weighted by Gasteiger charge is 2.26. The van der Waals surface area contributed by atoms with Crippen LogP contribution in [0.2, 0.25) is 0 Å². The molecule has 0 amide bonds. The summed E-state index contributed by atoms with van der Waals surface area (Å²) >= 11 is 0. The number of sulfonamides is 1. The van der Waals surface area contributed by atoms with Crippen molar-refractivity contribution >= 4 is 15.7 Å². The summed E-state index contributed by atoms with van der Waals surface area (Å²) in [6.07, 6.45) is 0. The van der Waals surface area contributed by atoms with E-state index in [-0.39, 0.29) is 11.4 Å². The average molecular weight is 313 g/mol. The second kappa shape index (κ2) is 6.50. The van der Waals surface area contributed by atoms with Gasteiger partial charge in [-0.3, -0.25) is 10.1 Å². The van der Waals surface area contributed by atoms with Gasteiger partial charge in [-0.15, -0.1) is 0 Å². The lowest BCUT2D eigenvalue weighted by Gasteiger charge is -2.33. The van der Waals surface area contributed by atoms with E-state index < -0.39 is 14.9 Å². The summed E-state index contributed by atoms with van der Waals surface area (Å²) in [5.41, 5.74) is 0.534. The minimum Gasteiger partial charge on any atom is -0.301 e. The Hall–Kier alpha value is -1.51. The number of hydrogen-bond donors (Lipinski definition) is 0. The SMILES string of the molecule is CCN1CCN(S(=O)(=O)Cc2ccc([N+](=O)[O-])cc2)CC1. The lowest BCUT2D eigenvalue weighted by atomic mass is 10.2. The van der Waals surface area contributed by atoms with Crippen molar-refractivity contribution in [3.8, 4) is 0 Å². The number of benzene rings is 1. The summed E-state index contributed by atoms with van der Waals surface area (Å²) in [4.78, 5) is 12.3. The van der Waals surface area contributed by atoms with Gasteiger partial charge in [0.2, 0.25) is 10.0 Å². The van der Waals surface area contributed by atoms with Crippen LogP contribution in [0.3, 0.4) is 0 Å². The van der Waals surface area contributed by atoms with Gasteiger partial charge in [0.25, 0.3) is 5.69 Å². The maximum absolute atomic E-state index is 12.3. The summed E-state index contributed by atoms with van der Waals surface area (Å²) in [6, 6.07) is 5.66. The van der Waals surface area contributed by atoms with E-state index in [4.69, 9.17) is 0 Å².